The van der Waals surface area contributed by atoms with Crippen molar-refractivity contribution in [2.75, 3.05) is 6.61 Å². The highest BCUT2D eigenvalue weighted by Crippen LogP contribution is 2.12. The summed E-state index contributed by atoms with van der Waals surface area (Å²) < 4.78 is 5.31. The second-order valence-corrected chi connectivity index (χ2v) is 4.64. The number of carbonyl (C=O) groups excluding carboxylic acids is 1. The van der Waals surface area contributed by atoms with E-state index in [1.165, 1.54) is 18.2 Å². The molecule has 1 aliphatic rings. The van der Waals surface area contributed by atoms with E-state index in [4.69, 9.17) is 14.7 Å². The van der Waals surface area contributed by atoms with Crippen molar-refractivity contribution in [2.45, 2.75) is 25.6 Å². The van der Waals surface area contributed by atoms with Crippen LogP contribution in [0, 0.1) is 0 Å². The fourth-order valence-electron chi connectivity index (χ4n) is 1.87. The van der Waals surface area contributed by atoms with Crippen LogP contribution < -0.4 is 5.48 Å². The number of nitrogens with one attached hydrogen (secondary N) is 1. The van der Waals surface area contributed by atoms with Crippen LogP contribution in [0.3, 0.4) is 0 Å². The van der Waals surface area contributed by atoms with E-state index in [1.54, 1.807) is 18.2 Å². The molecule has 1 aromatic carbocycles. The number of benzene rings is 1. The minimum Gasteiger partial charge on any atom is -0.478 e. The second-order valence-electron chi connectivity index (χ2n) is 4.64. The molecule has 1 heterocycles. The lowest BCUT2D eigenvalue weighted by Crippen LogP contribution is -2.32. The number of hydrogen-bond donors (Lipinski definition) is 2. The molecule has 21 heavy (non-hydrogen) atoms. The molecule has 1 aliphatic heterocycles. The molecule has 1 aromatic rings. The summed E-state index contributed by atoms with van der Waals surface area (Å²) in [4.78, 5) is 27.4. The average Bonchev–Trinajstić information content (AvgIpc) is 2.52. The maximum Gasteiger partial charge on any atom is 0.335 e. The predicted molar refractivity (Wildman–Crippen MR) is 75.3 cm³/mol. The van der Waals surface area contributed by atoms with E-state index in [0.717, 1.165) is 24.8 Å². The number of aromatic carboxylic acids is 1. The molecule has 1 amide bonds. The van der Waals surface area contributed by atoms with Gasteiger partial charge in [0.1, 0.15) is 0 Å². The van der Waals surface area contributed by atoms with Crippen LogP contribution in [0.15, 0.2) is 30.3 Å². The van der Waals surface area contributed by atoms with Crippen molar-refractivity contribution in [3.05, 3.63) is 41.5 Å². The Bertz CT molecular complexity index is 517. The van der Waals surface area contributed by atoms with Gasteiger partial charge in [0.15, 0.2) is 6.29 Å². The zero-order valence-electron chi connectivity index (χ0n) is 11.5. The first-order valence-electron chi connectivity index (χ1n) is 6.74. The Labute approximate surface area is 122 Å². The van der Waals surface area contributed by atoms with Gasteiger partial charge in [-0.3, -0.25) is 4.79 Å². The molecule has 6 nitrogen and oxygen atoms in total. The third-order valence-corrected chi connectivity index (χ3v) is 3.01. The number of hydroxylamine groups is 1. The van der Waals surface area contributed by atoms with E-state index in [0.29, 0.717) is 6.61 Å². The first-order chi connectivity index (χ1) is 10.1. The highest BCUT2D eigenvalue weighted by Gasteiger charge is 2.14. The molecule has 0 saturated carbocycles. The van der Waals surface area contributed by atoms with Crippen molar-refractivity contribution >= 4 is 18.0 Å². The summed E-state index contributed by atoms with van der Waals surface area (Å²) >= 11 is 0. The van der Waals surface area contributed by atoms with Gasteiger partial charge in [-0.05, 0) is 36.6 Å². The third-order valence-electron chi connectivity index (χ3n) is 3.01. The van der Waals surface area contributed by atoms with E-state index < -0.39 is 11.9 Å². The molecule has 1 fully saturated rings. The van der Waals surface area contributed by atoms with Gasteiger partial charge >= 0.3 is 5.97 Å². The van der Waals surface area contributed by atoms with Crippen molar-refractivity contribution in [2.24, 2.45) is 0 Å². The fourth-order valence-corrected chi connectivity index (χ4v) is 1.87. The summed E-state index contributed by atoms with van der Waals surface area (Å²) in [6.45, 7) is 0.645. The van der Waals surface area contributed by atoms with Gasteiger partial charge in [-0.25, -0.2) is 15.1 Å². The summed E-state index contributed by atoms with van der Waals surface area (Å²) in [5.74, 6) is -1.38. The van der Waals surface area contributed by atoms with Crippen molar-refractivity contribution < 1.29 is 24.3 Å². The zero-order chi connectivity index (χ0) is 15.1. The van der Waals surface area contributed by atoms with Crippen molar-refractivity contribution in [1.29, 1.82) is 0 Å². The topological polar surface area (TPSA) is 84.9 Å². The average molecular weight is 291 g/mol. The van der Waals surface area contributed by atoms with E-state index in [1.807, 2.05) is 0 Å². The molecule has 1 unspecified atom stereocenters. The first-order valence-corrected chi connectivity index (χ1v) is 6.74. The largest absolute Gasteiger partial charge is 0.478 e. The molecule has 6 heteroatoms. The summed E-state index contributed by atoms with van der Waals surface area (Å²) in [7, 11) is 0. The maximum atomic E-state index is 11.6. The van der Waals surface area contributed by atoms with Crippen LogP contribution in [0.4, 0.5) is 0 Å². The molecule has 2 N–H and O–H groups in total. The van der Waals surface area contributed by atoms with Crippen molar-refractivity contribution in [3.63, 3.8) is 0 Å². The standard InChI is InChI=1S/C15H17NO5/c17-13(16-21-14-3-1-2-10-20-14)9-6-11-4-7-12(8-5-11)15(18)19/h4-9,14H,1-3,10H2,(H,16,17)(H,18,19)/b9-6+. The Kier molecular flexibility index (Phi) is 5.48. The van der Waals surface area contributed by atoms with Gasteiger partial charge in [0.2, 0.25) is 0 Å². The Morgan fingerprint density at radius 3 is 2.67 bits per heavy atom. The van der Waals surface area contributed by atoms with E-state index >= 15 is 0 Å². The monoisotopic (exact) mass is 291 g/mol. The van der Waals surface area contributed by atoms with Crippen LogP contribution in [-0.2, 0) is 14.4 Å². The minimum absolute atomic E-state index is 0.203. The van der Waals surface area contributed by atoms with Crippen LogP contribution in [0.1, 0.15) is 35.2 Å². The molecule has 0 spiro atoms. The molecule has 0 aliphatic carbocycles. The Morgan fingerprint density at radius 1 is 1.29 bits per heavy atom. The highest BCUT2D eigenvalue weighted by molar-refractivity contribution is 5.91. The first kappa shape index (κ1) is 15.2. The van der Waals surface area contributed by atoms with Gasteiger partial charge in [-0.15, -0.1) is 0 Å². The molecular formula is C15H17NO5. The van der Waals surface area contributed by atoms with E-state index in [9.17, 15) is 9.59 Å². The summed E-state index contributed by atoms with van der Waals surface area (Å²) in [6, 6.07) is 6.20. The van der Waals surface area contributed by atoms with Crippen molar-refractivity contribution in [1.82, 2.24) is 5.48 Å². The number of carboxylic acid groups (broad SMARTS) is 1. The van der Waals surface area contributed by atoms with Crippen LogP contribution >= 0.6 is 0 Å². The van der Waals surface area contributed by atoms with Crippen LogP contribution in [-0.4, -0.2) is 29.9 Å². The third kappa shape index (κ3) is 5.02. The predicted octanol–water partition coefficient (Wildman–Crippen LogP) is 1.97. The van der Waals surface area contributed by atoms with Crippen molar-refractivity contribution in [3.8, 4) is 0 Å². The minimum atomic E-state index is -0.982. The lowest BCUT2D eigenvalue weighted by Gasteiger charge is -2.21. The van der Waals surface area contributed by atoms with Gasteiger partial charge in [0.05, 0.1) is 5.56 Å². The van der Waals surface area contributed by atoms with Gasteiger partial charge < -0.3 is 9.84 Å². The van der Waals surface area contributed by atoms with Crippen LogP contribution in [0.2, 0.25) is 0 Å². The zero-order valence-corrected chi connectivity index (χ0v) is 11.5. The number of carbonyl (C=O) groups is 2. The van der Waals surface area contributed by atoms with Gasteiger partial charge in [-0.1, -0.05) is 12.1 Å². The van der Waals surface area contributed by atoms with Gasteiger partial charge in [0.25, 0.3) is 5.91 Å². The fraction of sp³-hybridized carbons (Fsp3) is 0.333. The second kappa shape index (κ2) is 7.56. The quantitative estimate of drug-likeness (QED) is 0.640. The number of hydrogen-bond acceptors (Lipinski definition) is 4. The molecule has 0 aromatic heterocycles. The molecular weight excluding hydrogens is 274 g/mol. The number of carboxylic acids is 1. The lowest BCUT2D eigenvalue weighted by molar-refractivity contribution is -0.198. The summed E-state index contributed by atoms with van der Waals surface area (Å²) in [5, 5.41) is 8.78. The molecule has 1 saturated heterocycles. The molecule has 0 radical (unpaired) electrons. The smallest absolute Gasteiger partial charge is 0.335 e. The number of amides is 1. The highest BCUT2D eigenvalue weighted by atomic mass is 16.8. The molecule has 0 bridgehead atoms. The number of rotatable bonds is 5. The normalized spacial score (nSPS) is 18.6. The lowest BCUT2D eigenvalue weighted by atomic mass is 10.1. The van der Waals surface area contributed by atoms with Crippen LogP contribution in [0.5, 0.6) is 0 Å². The summed E-state index contributed by atoms with van der Waals surface area (Å²) in [6.07, 6.45) is 5.31. The summed E-state index contributed by atoms with van der Waals surface area (Å²) in [5.41, 5.74) is 3.24. The van der Waals surface area contributed by atoms with Crippen LogP contribution in [0.25, 0.3) is 6.08 Å². The Balaban J connectivity index is 1.79. The van der Waals surface area contributed by atoms with Gasteiger partial charge in [0, 0.05) is 19.1 Å². The van der Waals surface area contributed by atoms with E-state index in [-0.39, 0.29) is 11.9 Å². The molecule has 2 rings (SSSR count). The Morgan fingerprint density at radius 2 is 2.05 bits per heavy atom. The Hall–Kier alpha value is -2.18. The van der Waals surface area contributed by atoms with E-state index in [2.05, 4.69) is 5.48 Å². The van der Waals surface area contributed by atoms with Gasteiger partial charge in [-0.2, -0.15) is 0 Å². The number of ether oxygens (including phenoxy) is 1. The maximum absolute atomic E-state index is 11.6. The molecule has 1 atom stereocenters. The molecule has 112 valence electrons. The SMILES string of the molecule is O=C(/C=C/c1ccc(C(=O)O)cc1)NOC1CCCCO1.